The molecule has 3 heterocycles. The number of piperidine rings is 1. The fourth-order valence-corrected chi connectivity index (χ4v) is 5.59. The highest BCUT2D eigenvalue weighted by Crippen LogP contribution is 2.45. The van der Waals surface area contributed by atoms with E-state index in [1.165, 1.54) is 22.9 Å². The molecule has 2 aromatic carbocycles. The molecular weight excluding hydrogens is 404 g/mol. The number of amides is 1. The Bertz CT molecular complexity index is 1050. The number of ether oxygens (including phenoxy) is 1. The van der Waals surface area contributed by atoms with E-state index in [9.17, 15) is 4.79 Å². The second kappa shape index (κ2) is 7.31. The Morgan fingerprint density at radius 3 is 2.76 bits per heavy atom. The predicted molar refractivity (Wildman–Crippen MR) is 118 cm³/mol. The molecule has 29 heavy (non-hydrogen) atoms. The Labute approximate surface area is 179 Å². The first-order valence-corrected chi connectivity index (χ1v) is 11.0. The molecule has 2 aromatic rings. The number of carbonyl (C=O) groups is 1. The third kappa shape index (κ3) is 3.31. The molecule has 3 aliphatic heterocycles. The van der Waals surface area contributed by atoms with Crippen LogP contribution in [0.5, 0.6) is 0 Å². The van der Waals surface area contributed by atoms with Gasteiger partial charge in [-0.1, -0.05) is 48.0 Å². The van der Waals surface area contributed by atoms with Crippen molar-refractivity contribution < 1.29 is 9.53 Å². The van der Waals surface area contributed by atoms with E-state index in [1.807, 2.05) is 31.2 Å². The first-order valence-electron chi connectivity index (χ1n) is 9.81. The summed E-state index contributed by atoms with van der Waals surface area (Å²) < 4.78 is 6.25. The molecule has 0 aliphatic carbocycles. The summed E-state index contributed by atoms with van der Waals surface area (Å²) in [5, 5.41) is 1.46. The number of benzene rings is 2. The zero-order valence-corrected chi connectivity index (χ0v) is 17.7. The lowest BCUT2D eigenvalue weighted by molar-refractivity contribution is -0.113. The van der Waals surface area contributed by atoms with Gasteiger partial charge < -0.3 is 9.64 Å². The van der Waals surface area contributed by atoms with Gasteiger partial charge >= 0.3 is 0 Å². The van der Waals surface area contributed by atoms with E-state index < -0.39 is 0 Å². The van der Waals surface area contributed by atoms with Crippen LogP contribution in [-0.4, -0.2) is 29.1 Å². The summed E-state index contributed by atoms with van der Waals surface area (Å²) in [5.41, 5.74) is 4.32. The van der Waals surface area contributed by atoms with Gasteiger partial charge in [-0.25, -0.2) is 0 Å². The first-order chi connectivity index (χ1) is 14.1. The van der Waals surface area contributed by atoms with Gasteiger partial charge in [-0.05, 0) is 65.9 Å². The second-order valence-corrected chi connectivity index (χ2v) is 9.11. The van der Waals surface area contributed by atoms with Gasteiger partial charge in [0.05, 0.1) is 17.1 Å². The number of halogens is 1. The molecule has 1 fully saturated rings. The lowest BCUT2D eigenvalue weighted by atomic mass is 9.84. The van der Waals surface area contributed by atoms with Gasteiger partial charge in [0.1, 0.15) is 0 Å². The highest BCUT2D eigenvalue weighted by Gasteiger charge is 2.43. The number of fused-ring (bicyclic) bond motifs is 2. The Hall–Kier alpha value is -2.08. The van der Waals surface area contributed by atoms with Crippen LogP contribution in [0, 0.1) is 0 Å². The number of allylic oxidation sites excluding steroid dienone is 1. The molecule has 0 unspecified atom stereocenters. The van der Waals surface area contributed by atoms with Crippen molar-refractivity contribution in [1.29, 1.82) is 0 Å². The maximum absolute atomic E-state index is 12.6. The van der Waals surface area contributed by atoms with Crippen LogP contribution >= 0.6 is 23.4 Å². The third-order valence-electron chi connectivity index (χ3n) is 6.04. The minimum Gasteiger partial charge on any atom is -0.365 e. The summed E-state index contributed by atoms with van der Waals surface area (Å²) in [6.07, 6.45) is 1.81. The van der Waals surface area contributed by atoms with Gasteiger partial charge in [-0.3, -0.25) is 4.79 Å². The van der Waals surface area contributed by atoms with Gasteiger partial charge in [-0.15, -0.1) is 0 Å². The number of rotatable bonds is 1. The predicted octanol–water partition coefficient (Wildman–Crippen LogP) is 5.22. The van der Waals surface area contributed by atoms with Crippen molar-refractivity contribution >= 4 is 40.0 Å². The van der Waals surface area contributed by atoms with E-state index in [0.717, 1.165) is 42.2 Å². The fourth-order valence-electron chi connectivity index (χ4n) is 4.38. The van der Waals surface area contributed by atoms with Crippen molar-refractivity contribution in [3.05, 3.63) is 75.1 Å². The zero-order valence-electron chi connectivity index (χ0n) is 16.2. The molecular formula is C23H21ClN2O2S. The summed E-state index contributed by atoms with van der Waals surface area (Å²) in [6.45, 7) is 4.31. The second-order valence-electron chi connectivity index (χ2n) is 7.69. The highest BCUT2D eigenvalue weighted by atomic mass is 35.5. The fraction of sp³-hybridized carbons (Fsp3) is 0.304. The molecule has 0 atom stereocenters. The average Bonchev–Trinajstić information content (AvgIpc) is 3.30. The van der Waals surface area contributed by atoms with Crippen molar-refractivity contribution in [1.82, 2.24) is 4.90 Å². The van der Waals surface area contributed by atoms with Crippen molar-refractivity contribution in [2.45, 2.75) is 32.0 Å². The lowest BCUT2D eigenvalue weighted by Crippen LogP contribution is -2.44. The monoisotopic (exact) mass is 424 g/mol. The number of amidine groups is 1. The standard InChI is InChI=1S/C23H21ClN2O2S/c1-15(16-6-4-7-18(24)13-16)20-21(27)25-22(29-20)26-11-9-23(10-12-26)19-8-3-2-5-17(19)14-28-23/h2-8,13H,9-12,14H2,1H3/b20-15-. The van der Waals surface area contributed by atoms with Crippen molar-refractivity contribution in [2.75, 3.05) is 13.1 Å². The maximum Gasteiger partial charge on any atom is 0.286 e. The number of thioether (sulfide) groups is 1. The number of aliphatic imine (C=N–C) groups is 1. The Kier molecular flexibility index (Phi) is 4.77. The maximum atomic E-state index is 12.6. The van der Waals surface area contributed by atoms with Crippen LogP contribution in [0.2, 0.25) is 5.02 Å². The minimum absolute atomic E-state index is 0.162. The molecule has 1 saturated heterocycles. The number of nitrogens with zero attached hydrogens (tertiary/aromatic N) is 2. The number of hydrogen-bond donors (Lipinski definition) is 0. The molecule has 0 bridgehead atoms. The summed E-state index contributed by atoms with van der Waals surface area (Å²) in [4.78, 5) is 19.9. The molecule has 3 aliphatic rings. The largest absolute Gasteiger partial charge is 0.365 e. The van der Waals surface area contributed by atoms with Crippen LogP contribution in [-0.2, 0) is 21.7 Å². The number of hydrogen-bond acceptors (Lipinski definition) is 4. The van der Waals surface area contributed by atoms with Gasteiger partial charge in [-0.2, -0.15) is 4.99 Å². The average molecular weight is 425 g/mol. The Morgan fingerprint density at radius 2 is 1.97 bits per heavy atom. The van der Waals surface area contributed by atoms with E-state index >= 15 is 0 Å². The smallest absolute Gasteiger partial charge is 0.286 e. The Morgan fingerprint density at radius 1 is 1.17 bits per heavy atom. The van der Waals surface area contributed by atoms with Crippen molar-refractivity contribution in [3.8, 4) is 0 Å². The quantitative estimate of drug-likeness (QED) is 0.588. The first kappa shape index (κ1) is 18.9. The Balaban J connectivity index is 1.32. The lowest BCUT2D eigenvalue weighted by Gasteiger charge is -2.39. The normalized spacial score (nSPS) is 22.1. The molecule has 148 valence electrons. The van der Waals surface area contributed by atoms with Crippen LogP contribution in [0.4, 0.5) is 0 Å². The highest BCUT2D eigenvalue weighted by molar-refractivity contribution is 8.18. The van der Waals surface area contributed by atoms with E-state index in [0.29, 0.717) is 16.5 Å². The number of carbonyl (C=O) groups excluding carboxylic acids is 1. The van der Waals surface area contributed by atoms with Gasteiger partial charge in [0.2, 0.25) is 0 Å². The van der Waals surface area contributed by atoms with Gasteiger partial charge in [0.15, 0.2) is 5.17 Å². The molecule has 0 N–H and O–H groups in total. The van der Waals surface area contributed by atoms with Crippen LogP contribution in [0.3, 0.4) is 0 Å². The van der Waals surface area contributed by atoms with Gasteiger partial charge in [0.25, 0.3) is 5.91 Å². The molecule has 6 heteroatoms. The summed E-state index contributed by atoms with van der Waals surface area (Å²) >= 11 is 7.59. The van der Waals surface area contributed by atoms with Crippen molar-refractivity contribution in [2.24, 2.45) is 4.99 Å². The van der Waals surface area contributed by atoms with E-state index in [-0.39, 0.29) is 11.5 Å². The third-order valence-corrected chi connectivity index (χ3v) is 7.49. The van der Waals surface area contributed by atoms with Gasteiger partial charge in [0, 0.05) is 18.1 Å². The molecule has 0 saturated carbocycles. The van der Waals surface area contributed by atoms with Crippen molar-refractivity contribution in [3.63, 3.8) is 0 Å². The topological polar surface area (TPSA) is 41.9 Å². The van der Waals surface area contributed by atoms with E-state index in [2.05, 4.69) is 34.2 Å². The summed E-state index contributed by atoms with van der Waals surface area (Å²) in [5.74, 6) is -0.162. The minimum atomic E-state index is -0.184. The molecule has 5 rings (SSSR count). The van der Waals surface area contributed by atoms with Crippen LogP contribution in [0.15, 0.2) is 58.4 Å². The van der Waals surface area contributed by atoms with E-state index in [4.69, 9.17) is 16.3 Å². The SMILES string of the molecule is C/C(=C1/SC(N2CCC3(CC2)OCc2ccccc23)=NC1=O)c1cccc(Cl)c1. The van der Waals surface area contributed by atoms with E-state index in [1.54, 1.807) is 0 Å². The summed E-state index contributed by atoms with van der Waals surface area (Å²) in [7, 11) is 0. The van der Waals surface area contributed by atoms with Crippen LogP contribution < -0.4 is 0 Å². The molecule has 0 aromatic heterocycles. The van der Waals surface area contributed by atoms with Crippen LogP contribution in [0.25, 0.3) is 5.57 Å². The molecule has 4 nitrogen and oxygen atoms in total. The number of likely N-dealkylation sites (tertiary alicyclic amines) is 1. The summed E-state index contributed by atoms with van der Waals surface area (Å²) in [6, 6.07) is 16.1. The van der Waals surface area contributed by atoms with Crippen LogP contribution in [0.1, 0.15) is 36.5 Å². The molecule has 0 radical (unpaired) electrons. The molecule has 1 amide bonds. The zero-order chi connectivity index (χ0) is 20.0. The molecule has 1 spiro atoms.